The number of nitrogens with one attached hydrogen (secondary N) is 1. The number of rotatable bonds is 2. The molecule has 3 aromatic rings. The van der Waals surface area contributed by atoms with Crippen molar-refractivity contribution >= 4 is 11.4 Å². The topological polar surface area (TPSA) is 109 Å². The van der Waals surface area contributed by atoms with Crippen LogP contribution in [0.3, 0.4) is 0 Å². The molecule has 2 N–H and O–H groups in total. The van der Waals surface area contributed by atoms with Crippen LogP contribution < -0.4 is 5.56 Å². The molecule has 5 rings (SSSR count). The second kappa shape index (κ2) is 5.78. The van der Waals surface area contributed by atoms with Crippen LogP contribution in [0, 0.1) is 18.8 Å². The maximum absolute atomic E-state index is 13.1. The lowest BCUT2D eigenvalue weighted by Gasteiger charge is -2.22. The van der Waals surface area contributed by atoms with Crippen molar-refractivity contribution in [2.24, 2.45) is 11.8 Å². The minimum Gasteiger partial charge on any atom is -0.390 e. The van der Waals surface area contributed by atoms with Crippen LogP contribution in [0.4, 0.5) is 0 Å². The van der Waals surface area contributed by atoms with Crippen molar-refractivity contribution < 1.29 is 9.90 Å². The second-order valence-electron chi connectivity index (χ2n) is 8.31. The van der Waals surface area contributed by atoms with E-state index in [2.05, 4.69) is 15.2 Å². The van der Waals surface area contributed by atoms with Crippen LogP contribution in [0.1, 0.15) is 35.8 Å². The van der Waals surface area contributed by atoms with E-state index in [1.54, 1.807) is 25.3 Å². The molecular weight excluding hydrogens is 360 g/mol. The summed E-state index contributed by atoms with van der Waals surface area (Å²) in [6.07, 6.45) is 4.70. The van der Waals surface area contributed by atoms with Crippen molar-refractivity contribution in [3.05, 3.63) is 46.1 Å². The fourth-order valence-corrected chi connectivity index (χ4v) is 4.81. The molecule has 9 heteroatoms. The van der Waals surface area contributed by atoms with E-state index in [4.69, 9.17) is 0 Å². The monoisotopic (exact) mass is 382 g/mol. The molecule has 1 amide bonds. The van der Waals surface area contributed by atoms with Gasteiger partial charge in [-0.3, -0.25) is 14.6 Å². The molecular formula is C19H22N6O3. The third-order valence-corrected chi connectivity index (χ3v) is 6.10. The van der Waals surface area contributed by atoms with Gasteiger partial charge in [-0.2, -0.15) is 5.10 Å². The molecule has 9 nitrogen and oxygen atoms in total. The standard InChI is InChI=1S/C19H22N6O3/c1-11-14(17(27)23-9-12-6-19(2,28)7-13(12)10-23)8-20-25(11)18-21-16(26)15-4-3-5-24(15)22-18/h3-5,8,12-13,28H,6-7,9-10H2,1-2H3,(H,21,22,26). The number of carbonyl (C=O) groups excluding carboxylic acids is 1. The number of aromatic amines is 1. The molecule has 1 aliphatic carbocycles. The minimum atomic E-state index is -0.611. The zero-order valence-electron chi connectivity index (χ0n) is 15.8. The summed E-state index contributed by atoms with van der Waals surface area (Å²) < 4.78 is 2.97. The Labute approximate surface area is 160 Å². The number of likely N-dealkylation sites (tertiary alicyclic amines) is 1. The highest BCUT2D eigenvalue weighted by Crippen LogP contribution is 2.43. The van der Waals surface area contributed by atoms with Crippen molar-refractivity contribution in [2.45, 2.75) is 32.3 Å². The number of amides is 1. The maximum atomic E-state index is 13.1. The van der Waals surface area contributed by atoms with Gasteiger partial charge in [-0.05, 0) is 50.7 Å². The van der Waals surface area contributed by atoms with Crippen LogP contribution >= 0.6 is 0 Å². The summed E-state index contributed by atoms with van der Waals surface area (Å²) in [4.78, 5) is 29.8. The molecule has 1 saturated carbocycles. The van der Waals surface area contributed by atoms with Gasteiger partial charge in [0.1, 0.15) is 5.52 Å². The molecule has 2 unspecified atom stereocenters. The van der Waals surface area contributed by atoms with E-state index in [1.165, 1.54) is 15.4 Å². The number of carbonyl (C=O) groups is 1. The van der Waals surface area contributed by atoms with E-state index in [1.807, 2.05) is 11.8 Å². The van der Waals surface area contributed by atoms with E-state index < -0.39 is 5.60 Å². The summed E-state index contributed by atoms with van der Waals surface area (Å²) in [6.45, 7) is 4.99. The Morgan fingerprint density at radius 2 is 2.04 bits per heavy atom. The highest BCUT2D eigenvalue weighted by molar-refractivity contribution is 5.95. The van der Waals surface area contributed by atoms with Crippen LogP contribution in [0.2, 0.25) is 0 Å². The van der Waals surface area contributed by atoms with E-state index >= 15 is 0 Å². The van der Waals surface area contributed by atoms with E-state index in [9.17, 15) is 14.7 Å². The van der Waals surface area contributed by atoms with Crippen molar-refractivity contribution in [2.75, 3.05) is 13.1 Å². The van der Waals surface area contributed by atoms with Crippen molar-refractivity contribution in [3.8, 4) is 5.95 Å². The van der Waals surface area contributed by atoms with Gasteiger partial charge in [0.25, 0.3) is 11.5 Å². The van der Waals surface area contributed by atoms with Gasteiger partial charge in [-0.25, -0.2) is 9.20 Å². The number of H-pyrrole nitrogens is 1. The molecule has 0 spiro atoms. The number of nitrogens with zero attached hydrogens (tertiary/aromatic N) is 5. The van der Waals surface area contributed by atoms with Gasteiger partial charge in [-0.1, -0.05) is 0 Å². The molecule has 2 fully saturated rings. The smallest absolute Gasteiger partial charge is 0.276 e. The van der Waals surface area contributed by atoms with Crippen molar-refractivity contribution in [1.82, 2.24) is 29.3 Å². The highest BCUT2D eigenvalue weighted by Gasteiger charge is 2.47. The Morgan fingerprint density at radius 3 is 2.75 bits per heavy atom. The average Bonchev–Trinajstić information content (AvgIpc) is 3.36. The first-order valence-electron chi connectivity index (χ1n) is 9.47. The summed E-state index contributed by atoms with van der Waals surface area (Å²) in [5, 5.41) is 18.9. The molecule has 2 atom stereocenters. The first-order valence-corrected chi connectivity index (χ1v) is 9.47. The first-order chi connectivity index (χ1) is 13.3. The lowest BCUT2D eigenvalue weighted by atomic mass is 10.0. The van der Waals surface area contributed by atoms with E-state index in [0.717, 1.165) is 12.8 Å². The van der Waals surface area contributed by atoms with Crippen LogP contribution in [0.25, 0.3) is 11.5 Å². The third-order valence-electron chi connectivity index (χ3n) is 6.10. The summed E-state index contributed by atoms with van der Waals surface area (Å²) in [5.74, 6) is 0.897. The average molecular weight is 382 g/mol. The molecule has 28 heavy (non-hydrogen) atoms. The molecule has 1 aliphatic heterocycles. The Hall–Kier alpha value is -2.94. The lowest BCUT2D eigenvalue weighted by molar-refractivity contribution is 0.0508. The molecule has 3 aromatic heterocycles. The fraction of sp³-hybridized carbons (Fsp3) is 0.474. The van der Waals surface area contributed by atoms with Crippen LogP contribution in [-0.4, -0.2) is 59.0 Å². The first kappa shape index (κ1) is 17.2. The predicted molar refractivity (Wildman–Crippen MR) is 100 cm³/mol. The number of fused-ring (bicyclic) bond motifs is 2. The van der Waals surface area contributed by atoms with Gasteiger partial charge in [-0.15, -0.1) is 5.10 Å². The largest absolute Gasteiger partial charge is 0.390 e. The SMILES string of the molecule is Cc1c(C(=O)N2CC3CC(C)(O)CC3C2)cnn1-c1nn2cccc2c(=O)[nH]1. The maximum Gasteiger partial charge on any atom is 0.276 e. The molecule has 1 saturated heterocycles. The molecule has 146 valence electrons. The van der Waals surface area contributed by atoms with Gasteiger partial charge in [0.2, 0.25) is 5.95 Å². The van der Waals surface area contributed by atoms with Crippen molar-refractivity contribution in [1.29, 1.82) is 0 Å². The summed E-state index contributed by atoms with van der Waals surface area (Å²) >= 11 is 0. The summed E-state index contributed by atoms with van der Waals surface area (Å²) in [5.41, 5.74) is 0.701. The number of aliphatic hydroxyl groups is 1. The highest BCUT2D eigenvalue weighted by atomic mass is 16.3. The molecule has 0 bridgehead atoms. The van der Waals surface area contributed by atoms with Gasteiger partial charge < -0.3 is 10.0 Å². The molecule has 2 aliphatic rings. The van der Waals surface area contributed by atoms with Gasteiger partial charge >= 0.3 is 0 Å². The number of aromatic nitrogens is 5. The zero-order chi connectivity index (χ0) is 19.6. The van der Waals surface area contributed by atoms with Gasteiger partial charge in [0.05, 0.1) is 23.1 Å². The van der Waals surface area contributed by atoms with E-state index in [0.29, 0.717) is 41.7 Å². The Bertz CT molecular complexity index is 1120. The van der Waals surface area contributed by atoms with E-state index in [-0.39, 0.29) is 17.4 Å². The van der Waals surface area contributed by atoms with Crippen LogP contribution in [-0.2, 0) is 0 Å². The summed E-state index contributed by atoms with van der Waals surface area (Å²) in [7, 11) is 0. The minimum absolute atomic E-state index is 0.0674. The normalized spacial score (nSPS) is 26.9. The van der Waals surface area contributed by atoms with Gasteiger partial charge in [0.15, 0.2) is 0 Å². The number of hydrogen-bond donors (Lipinski definition) is 2. The van der Waals surface area contributed by atoms with Crippen LogP contribution in [0.5, 0.6) is 0 Å². The zero-order valence-corrected chi connectivity index (χ0v) is 15.8. The molecule has 0 aromatic carbocycles. The Kier molecular flexibility index (Phi) is 3.54. The Morgan fingerprint density at radius 1 is 1.32 bits per heavy atom. The van der Waals surface area contributed by atoms with Crippen LogP contribution in [0.15, 0.2) is 29.3 Å². The second-order valence-corrected chi connectivity index (χ2v) is 8.31. The quantitative estimate of drug-likeness (QED) is 0.680. The van der Waals surface area contributed by atoms with Gasteiger partial charge in [0, 0.05) is 19.3 Å². The third kappa shape index (κ3) is 2.57. The molecule has 4 heterocycles. The molecule has 0 radical (unpaired) electrons. The lowest BCUT2D eigenvalue weighted by Crippen LogP contribution is -2.32. The fourth-order valence-electron chi connectivity index (χ4n) is 4.81. The summed E-state index contributed by atoms with van der Waals surface area (Å²) in [6, 6.07) is 3.43. The Balaban J connectivity index is 1.43. The number of hydrogen-bond acceptors (Lipinski definition) is 5. The predicted octanol–water partition coefficient (Wildman–Crippen LogP) is 0.750. The van der Waals surface area contributed by atoms with Crippen molar-refractivity contribution in [3.63, 3.8) is 0 Å².